The molecule has 0 saturated carbocycles. The van der Waals surface area contributed by atoms with Crippen molar-refractivity contribution in [1.29, 1.82) is 0 Å². The molecule has 1 amide bonds. The van der Waals surface area contributed by atoms with Gasteiger partial charge in [0.05, 0.1) is 11.1 Å². The SMILES string of the molecule is CC(C)(C)OC(=O)Nc1noc2ccc(N=C(N)N=C(N)N)cc12. The second-order valence-corrected chi connectivity index (χ2v) is 5.85. The van der Waals surface area contributed by atoms with Crippen molar-refractivity contribution in [2.45, 2.75) is 26.4 Å². The molecule has 10 nitrogen and oxygen atoms in total. The summed E-state index contributed by atoms with van der Waals surface area (Å²) in [6, 6.07) is 4.89. The van der Waals surface area contributed by atoms with Crippen molar-refractivity contribution < 1.29 is 14.1 Å². The van der Waals surface area contributed by atoms with Crippen LogP contribution in [0.5, 0.6) is 0 Å². The molecule has 7 N–H and O–H groups in total. The molecular formula is C14H19N7O3. The minimum atomic E-state index is -0.647. The lowest BCUT2D eigenvalue weighted by molar-refractivity contribution is 0.0635. The number of aliphatic imine (C=N–C) groups is 2. The van der Waals surface area contributed by atoms with Gasteiger partial charge in [0, 0.05) is 0 Å². The summed E-state index contributed by atoms with van der Waals surface area (Å²) in [5.74, 6) is -0.0984. The molecule has 0 saturated heterocycles. The van der Waals surface area contributed by atoms with Crippen LogP contribution >= 0.6 is 0 Å². The van der Waals surface area contributed by atoms with Crippen LogP contribution in [0.4, 0.5) is 16.3 Å². The smallest absolute Gasteiger partial charge is 0.413 e. The zero-order valence-electron chi connectivity index (χ0n) is 13.5. The molecule has 24 heavy (non-hydrogen) atoms. The van der Waals surface area contributed by atoms with Crippen molar-refractivity contribution >= 4 is 40.5 Å². The van der Waals surface area contributed by atoms with Crippen molar-refractivity contribution in [3.63, 3.8) is 0 Å². The molecule has 1 heterocycles. The Morgan fingerprint density at radius 2 is 2.00 bits per heavy atom. The summed E-state index contributed by atoms with van der Waals surface area (Å²) in [5.41, 5.74) is 16.3. The van der Waals surface area contributed by atoms with Gasteiger partial charge in [-0.25, -0.2) is 9.79 Å². The Labute approximate surface area is 137 Å². The second-order valence-electron chi connectivity index (χ2n) is 5.85. The van der Waals surface area contributed by atoms with E-state index < -0.39 is 11.7 Å². The standard InChI is InChI=1S/C14H19N7O3/c1-14(2,3)23-13(22)19-10-8-6-7(4-5-9(8)24-21-10)18-12(17)20-11(15)16/h4-6H,1-3H3,(H,19,21,22)(H6,15,16,17,18,20). The minimum Gasteiger partial charge on any atom is -0.444 e. The summed E-state index contributed by atoms with van der Waals surface area (Å²) in [4.78, 5) is 19.5. The molecule has 0 aliphatic carbocycles. The fourth-order valence-corrected chi connectivity index (χ4v) is 1.78. The van der Waals surface area contributed by atoms with Gasteiger partial charge in [-0.05, 0) is 39.0 Å². The van der Waals surface area contributed by atoms with E-state index in [2.05, 4.69) is 20.5 Å². The van der Waals surface area contributed by atoms with E-state index in [0.29, 0.717) is 16.7 Å². The highest BCUT2D eigenvalue weighted by Crippen LogP contribution is 2.27. The number of nitrogens with one attached hydrogen (secondary N) is 1. The lowest BCUT2D eigenvalue weighted by Gasteiger charge is -2.19. The van der Waals surface area contributed by atoms with E-state index in [-0.39, 0.29) is 17.7 Å². The van der Waals surface area contributed by atoms with Gasteiger partial charge in [-0.2, -0.15) is 4.99 Å². The molecule has 0 radical (unpaired) electrons. The van der Waals surface area contributed by atoms with Gasteiger partial charge < -0.3 is 26.5 Å². The number of hydrogen-bond donors (Lipinski definition) is 4. The summed E-state index contributed by atoms with van der Waals surface area (Å²) < 4.78 is 10.3. The molecule has 128 valence electrons. The summed E-state index contributed by atoms with van der Waals surface area (Å²) >= 11 is 0. The second kappa shape index (κ2) is 6.44. The van der Waals surface area contributed by atoms with Gasteiger partial charge in [0.2, 0.25) is 5.96 Å². The van der Waals surface area contributed by atoms with E-state index in [1.807, 2.05) is 0 Å². The summed E-state index contributed by atoms with van der Waals surface area (Å²) in [7, 11) is 0. The van der Waals surface area contributed by atoms with Crippen molar-refractivity contribution in [3.8, 4) is 0 Å². The van der Waals surface area contributed by atoms with Crippen LogP contribution in [0.15, 0.2) is 32.7 Å². The monoisotopic (exact) mass is 333 g/mol. The van der Waals surface area contributed by atoms with Crippen LogP contribution in [0.2, 0.25) is 0 Å². The highest BCUT2D eigenvalue weighted by Gasteiger charge is 2.18. The largest absolute Gasteiger partial charge is 0.444 e. The van der Waals surface area contributed by atoms with Crippen LogP contribution in [0.1, 0.15) is 20.8 Å². The first kappa shape index (κ1) is 17.1. The summed E-state index contributed by atoms with van der Waals surface area (Å²) in [5, 5.41) is 6.85. The Morgan fingerprint density at radius 1 is 1.29 bits per heavy atom. The lowest BCUT2D eigenvalue weighted by Crippen LogP contribution is -2.27. The Kier molecular flexibility index (Phi) is 4.58. The van der Waals surface area contributed by atoms with Gasteiger partial charge in [-0.1, -0.05) is 5.16 Å². The number of ether oxygens (including phenoxy) is 1. The van der Waals surface area contributed by atoms with Crippen LogP contribution in [-0.4, -0.2) is 28.8 Å². The van der Waals surface area contributed by atoms with Crippen LogP contribution in [0.25, 0.3) is 11.0 Å². The number of aromatic nitrogens is 1. The predicted octanol–water partition coefficient (Wildman–Crippen LogP) is 1.39. The number of nitrogens with zero attached hydrogens (tertiary/aromatic N) is 3. The number of anilines is 1. The molecule has 1 aromatic carbocycles. The number of amides is 1. The molecular weight excluding hydrogens is 314 g/mol. The van der Waals surface area contributed by atoms with Crippen LogP contribution < -0.4 is 22.5 Å². The third-order valence-electron chi connectivity index (χ3n) is 2.56. The zero-order chi connectivity index (χ0) is 17.9. The van der Waals surface area contributed by atoms with Crippen molar-refractivity contribution in [2.24, 2.45) is 27.2 Å². The first-order chi connectivity index (χ1) is 11.1. The van der Waals surface area contributed by atoms with E-state index in [1.165, 1.54) is 0 Å². The number of guanidine groups is 2. The number of benzene rings is 1. The van der Waals surface area contributed by atoms with Gasteiger partial charge in [0.15, 0.2) is 17.4 Å². The Morgan fingerprint density at radius 3 is 2.62 bits per heavy atom. The first-order valence-corrected chi connectivity index (χ1v) is 6.97. The molecule has 0 unspecified atom stereocenters. The van der Waals surface area contributed by atoms with Crippen molar-refractivity contribution in [3.05, 3.63) is 18.2 Å². The lowest BCUT2D eigenvalue weighted by atomic mass is 10.2. The number of hydrogen-bond acceptors (Lipinski definition) is 5. The molecule has 0 spiro atoms. The molecule has 0 aliphatic rings. The van der Waals surface area contributed by atoms with E-state index in [9.17, 15) is 4.79 Å². The fraction of sp³-hybridized carbons (Fsp3) is 0.286. The Hall–Kier alpha value is -3.30. The first-order valence-electron chi connectivity index (χ1n) is 6.97. The normalized spacial score (nSPS) is 12.0. The molecule has 2 rings (SSSR count). The van der Waals surface area contributed by atoms with Crippen LogP contribution in [0.3, 0.4) is 0 Å². The maximum atomic E-state index is 11.8. The maximum absolute atomic E-state index is 11.8. The average Bonchev–Trinajstić information content (AvgIpc) is 2.78. The van der Waals surface area contributed by atoms with Gasteiger partial charge in [0.25, 0.3) is 0 Å². The maximum Gasteiger partial charge on any atom is 0.413 e. The van der Waals surface area contributed by atoms with Gasteiger partial charge >= 0.3 is 6.09 Å². The van der Waals surface area contributed by atoms with Crippen molar-refractivity contribution in [2.75, 3.05) is 5.32 Å². The quantitative estimate of drug-likeness (QED) is 0.475. The third kappa shape index (κ3) is 4.60. The molecule has 10 heteroatoms. The molecule has 0 bridgehead atoms. The zero-order valence-corrected chi connectivity index (χ0v) is 13.5. The molecule has 0 atom stereocenters. The van der Waals surface area contributed by atoms with Gasteiger partial charge in [-0.15, -0.1) is 0 Å². The van der Waals surface area contributed by atoms with Crippen LogP contribution in [0, 0.1) is 0 Å². The molecule has 1 aromatic heterocycles. The predicted molar refractivity (Wildman–Crippen MR) is 91.0 cm³/mol. The molecule has 2 aromatic rings. The topological polar surface area (TPSA) is 167 Å². The number of rotatable bonds is 2. The van der Waals surface area contributed by atoms with E-state index in [4.69, 9.17) is 26.5 Å². The summed E-state index contributed by atoms with van der Waals surface area (Å²) in [6.45, 7) is 5.27. The van der Waals surface area contributed by atoms with Gasteiger partial charge in [-0.3, -0.25) is 5.32 Å². The Balaban J connectivity index is 2.29. The minimum absolute atomic E-state index is 0.104. The summed E-state index contributed by atoms with van der Waals surface area (Å²) in [6.07, 6.45) is -0.647. The molecule has 0 fully saturated rings. The van der Waals surface area contributed by atoms with Crippen molar-refractivity contribution in [1.82, 2.24) is 5.16 Å². The average molecular weight is 333 g/mol. The van der Waals surface area contributed by atoms with E-state index >= 15 is 0 Å². The Bertz CT molecular complexity index is 813. The number of nitrogens with two attached hydrogens (primary N) is 3. The number of fused-ring (bicyclic) bond motifs is 1. The van der Waals surface area contributed by atoms with E-state index in [1.54, 1.807) is 39.0 Å². The van der Waals surface area contributed by atoms with E-state index in [0.717, 1.165) is 0 Å². The molecule has 0 aliphatic heterocycles. The highest BCUT2D eigenvalue weighted by molar-refractivity contribution is 5.98. The number of carbonyl (C=O) groups excluding carboxylic acids is 1. The van der Waals surface area contributed by atoms with Gasteiger partial charge in [0.1, 0.15) is 5.60 Å². The van der Waals surface area contributed by atoms with Crippen LogP contribution in [-0.2, 0) is 4.74 Å². The third-order valence-corrected chi connectivity index (χ3v) is 2.56. The number of carbonyl (C=O) groups is 1. The highest BCUT2D eigenvalue weighted by atomic mass is 16.6. The fourth-order valence-electron chi connectivity index (χ4n) is 1.78.